The van der Waals surface area contributed by atoms with Gasteiger partial charge < -0.3 is 14.4 Å². The molecule has 2 aromatic carbocycles. The summed E-state index contributed by atoms with van der Waals surface area (Å²) in [5.74, 6) is 0.432. The van der Waals surface area contributed by atoms with E-state index in [9.17, 15) is 14.0 Å². The molecular weight excluding hydrogens is 385 g/mol. The SMILES string of the molecule is O=C1COc2cc(F)c(C(=O)N3CC(COc4ccc5c(c4)CCCC5)C3)cc2C1. The van der Waals surface area contributed by atoms with Crippen molar-refractivity contribution in [3.63, 3.8) is 0 Å². The van der Waals surface area contributed by atoms with Crippen LogP contribution in [0.4, 0.5) is 4.39 Å². The maximum absolute atomic E-state index is 14.4. The van der Waals surface area contributed by atoms with E-state index in [4.69, 9.17) is 9.47 Å². The summed E-state index contributed by atoms with van der Waals surface area (Å²) in [6, 6.07) is 9.00. The lowest BCUT2D eigenvalue weighted by atomic mass is 9.92. The van der Waals surface area contributed by atoms with E-state index in [2.05, 4.69) is 12.1 Å². The van der Waals surface area contributed by atoms with Crippen LogP contribution in [0.5, 0.6) is 11.5 Å². The third kappa shape index (κ3) is 3.66. The van der Waals surface area contributed by atoms with E-state index in [1.54, 1.807) is 4.90 Å². The van der Waals surface area contributed by atoms with Crippen molar-refractivity contribution in [2.75, 3.05) is 26.3 Å². The minimum absolute atomic E-state index is 0.00102. The largest absolute Gasteiger partial charge is 0.493 e. The number of amides is 1. The summed E-state index contributed by atoms with van der Waals surface area (Å²) in [6.45, 7) is 1.57. The van der Waals surface area contributed by atoms with Crippen molar-refractivity contribution in [2.24, 2.45) is 5.92 Å². The van der Waals surface area contributed by atoms with Crippen LogP contribution >= 0.6 is 0 Å². The summed E-state index contributed by atoms with van der Waals surface area (Å²) in [5, 5.41) is 0. The molecule has 0 saturated carbocycles. The first-order valence-corrected chi connectivity index (χ1v) is 10.6. The van der Waals surface area contributed by atoms with Crippen molar-refractivity contribution in [1.29, 1.82) is 0 Å². The zero-order valence-corrected chi connectivity index (χ0v) is 16.8. The zero-order chi connectivity index (χ0) is 20.7. The Morgan fingerprint density at radius 3 is 2.73 bits per heavy atom. The standard InChI is InChI=1S/C24H24FNO4/c25-22-10-23-18(7-19(27)14-30-23)9-21(22)24(28)26-11-15(12-26)13-29-20-6-5-16-3-1-2-4-17(16)8-20/h5-6,8-10,15H,1-4,7,11-14H2. The van der Waals surface area contributed by atoms with Crippen LogP contribution < -0.4 is 9.47 Å². The lowest BCUT2D eigenvalue weighted by molar-refractivity contribution is -0.121. The first-order chi connectivity index (χ1) is 14.6. The van der Waals surface area contributed by atoms with Crippen molar-refractivity contribution in [2.45, 2.75) is 32.1 Å². The Hall–Kier alpha value is -2.89. The van der Waals surface area contributed by atoms with Gasteiger partial charge in [-0.3, -0.25) is 9.59 Å². The Bertz CT molecular complexity index is 1010. The fourth-order valence-electron chi connectivity index (χ4n) is 4.48. The number of carbonyl (C=O) groups is 2. The molecule has 6 heteroatoms. The first-order valence-electron chi connectivity index (χ1n) is 10.6. The number of likely N-dealkylation sites (tertiary alicyclic amines) is 1. The van der Waals surface area contributed by atoms with Crippen LogP contribution in [-0.4, -0.2) is 42.9 Å². The average molecular weight is 409 g/mol. The third-order valence-corrected chi connectivity index (χ3v) is 6.21. The molecule has 1 amide bonds. The number of aryl methyl sites for hydroxylation is 2. The van der Waals surface area contributed by atoms with Gasteiger partial charge in [-0.25, -0.2) is 4.39 Å². The van der Waals surface area contributed by atoms with Gasteiger partial charge in [-0.05, 0) is 55.0 Å². The summed E-state index contributed by atoms with van der Waals surface area (Å²) < 4.78 is 25.6. The van der Waals surface area contributed by atoms with Crippen LogP contribution in [0.25, 0.3) is 0 Å². The molecule has 0 N–H and O–H groups in total. The van der Waals surface area contributed by atoms with Crippen molar-refractivity contribution in [3.05, 3.63) is 58.4 Å². The molecule has 2 aromatic rings. The fourth-order valence-corrected chi connectivity index (χ4v) is 4.48. The van der Waals surface area contributed by atoms with Gasteiger partial charge in [0.25, 0.3) is 5.91 Å². The Kier molecular flexibility index (Phi) is 4.93. The van der Waals surface area contributed by atoms with Gasteiger partial charge in [-0.2, -0.15) is 0 Å². The maximum atomic E-state index is 14.4. The monoisotopic (exact) mass is 409 g/mol. The number of carbonyl (C=O) groups excluding carboxylic acids is 2. The third-order valence-electron chi connectivity index (χ3n) is 6.21. The molecule has 2 heterocycles. The Balaban J connectivity index is 1.18. The van der Waals surface area contributed by atoms with Crippen LogP contribution in [0.15, 0.2) is 30.3 Å². The van der Waals surface area contributed by atoms with Crippen LogP contribution in [0, 0.1) is 11.7 Å². The highest BCUT2D eigenvalue weighted by atomic mass is 19.1. The average Bonchev–Trinajstić information content (AvgIpc) is 2.72. The van der Waals surface area contributed by atoms with Crippen LogP contribution in [-0.2, 0) is 24.1 Å². The summed E-state index contributed by atoms with van der Waals surface area (Å²) in [6.07, 6.45) is 4.92. The second-order valence-electron chi connectivity index (χ2n) is 8.47. The smallest absolute Gasteiger partial charge is 0.256 e. The van der Waals surface area contributed by atoms with Crippen LogP contribution in [0.2, 0.25) is 0 Å². The molecule has 5 nitrogen and oxygen atoms in total. The van der Waals surface area contributed by atoms with Crippen molar-refractivity contribution < 1.29 is 23.5 Å². The molecule has 1 aliphatic carbocycles. The fraction of sp³-hybridized carbons (Fsp3) is 0.417. The number of fused-ring (bicyclic) bond motifs is 2. The van der Waals surface area contributed by atoms with Crippen molar-refractivity contribution in [1.82, 2.24) is 4.90 Å². The molecule has 156 valence electrons. The topological polar surface area (TPSA) is 55.8 Å². The Morgan fingerprint density at radius 2 is 1.90 bits per heavy atom. The highest BCUT2D eigenvalue weighted by Crippen LogP contribution is 2.30. The molecule has 0 aromatic heterocycles. The van der Waals surface area contributed by atoms with Gasteiger partial charge >= 0.3 is 0 Å². The Morgan fingerprint density at radius 1 is 1.10 bits per heavy atom. The molecule has 0 bridgehead atoms. The van der Waals surface area contributed by atoms with Crippen LogP contribution in [0.1, 0.15) is 39.9 Å². The van der Waals surface area contributed by atoms with E-state index in [0.717, 1.165) is 18.6 Å². The summed E-state index contributed by atoms with van der Waals surface area (Å²) >= 11 is 0. The minimum Gasteiger partial charge on any atom is -0.493 e. The van der Waals surface area contributed by atoms with Gasteiger partial charge in [0.1, 0.15) is 23.9 Å². The van der Waals surface area contributed by atoms with Crippen molar-refractivity contribution in [3.8, 4) is 11.5 Å². The summed E-state index contributed by atoms with van der Waals surface area (Å²) in [7, 11) is 0. The summed E-state index contributed by atoms with van der Waals surface area (Å²) in [5.41, 5.74) is 3.38. The lowest BCUT2D eigenvalue weighted by Gasteiger charge is -2.39. The number of nitrogens with zero attached hydrogens (tertiary/aromatic N) is 1. The lowest BCUT2D eigenvalue weighted by Crippen LogP contribution is -2.52. The van der Waals surface area contributed by atoms with Gasteiger partial charge in [0, 0.05) is 37.1 Å². The molecule has 3 aliphatic rings. The number of benzene rings is 2. The quantitative estimate of drug-likeness (QED) is 0.777. The van der Waals surface area contributed by atoms with Gasteiger partial charge in [-0.15, -0.1) is 0 Å². The predicted octanol–water partition coefficient (Wildman–Crippen LogP) is 3.36. The van der Waals surface area contributed by atoms with Crippen LogP contribution in [0.3, 0.4) is 0 Å². The number of ketones is 1. The minimum atomic E-state index is -0.609. The molecule has 0 radical (unpaired) electrons. The Labute approximate surface area is 174 Å². The number of halogens is 1. The molecule has 0 atom stereocenters. The van der Waals surface area contributed by atoms with E-state index in [0.29, 0.717) is 31.0 Å². The van der Waals surface area contributed by atoms with Gasteiger partial charge in [-0.1, -0.05) is 6.07 Å². The first kappa shape index (κ1) is 19.1. The predicted molar refractivity (Wildman–Crippen MR) is 109 cm³/mol. The number of rotatable bonds is 4. The maximum Gasteiger partial charge on any atom is 0.256 e. The van der Waals surface area contributed by atoms with Gasteiger partial charge in [0.15, 0.2) is 5.78 Å². The highest BCUT2D eigenvalue weighted by molar-refractivity contribution is 5.96. The molecule has 5 rings (SSSR count). The van der Waals surface area contributed by atoms with Gasteiger partial charge in [0.2, 0.25) is 0 Å². The molecule has 2 aliphatic heterocycles. The number of Topliss-reactive ketones (excluding diaryl/α,β-unsaturated/α-hetero) is 1. The van der Waals surface area contributed by atoms with E-state index < -0.39 is 5.82 Å². The molecular formula is C24H24FNO4. The zero-order valence-electron chi connectivity index (χ0n) is 16.8. The highest BCUT2D eigenvalue weighted by Gasteiger charge is 2.34. The number of hydrogen-bond donors (Lipinski definition) is 0. The van der Waals surface area contributed by atoms with E-state index in [1.807, 2.05) is 6.07 Å². The number of ether oxygens (including phenoxy) is 2. The normalized spacial score (nSPS) is 18.2. The molecule has 0 spiro atoms. The second-order valence-corrected chi connectivity index (χ2v) is 8.47. The molecule has 1 fully saturated rings. The summed E-state index contributed by atoms with van der Waals surface area (Å²) in [4.78, 5) is 25.9. The molecule has 1 saturated heterocycles. The van der Waals surface area contributed by atoms with E-state index >= 15 is 0 Å². The second kappa shape index (κ2) is 7.74. The molecule has 30 heavy (non-hydrogen) atoms. The number of hydrogen-bond acceptors (Lipinski definition) is 4. The van der Waals surface area contributed by atoms with E-state index in [1.165, 1.54) is 36.1 Å². The van der Waals surface area contributed by atoms with Gasteiger partial charge in [0.05, 0.1) is 12.2 Å². The molecule has 0 unspecified atom stereocenters. The van der Waals surface area contributed by atoms with Crippen molar-refractivity contribution >= 4 is 11.7 Å². The van der Waals surface area contributed by atoms with E-state index in [-0.39, 0.29) is 36.2 Å².